The molecule has 20 heavy (non-hydrogen) atoms. The summed E-state index contributed by atoms with van der Waals surface area (Å²) in [6.07, 6.45) is 0. The molecule has 2 rings (SSSR count). The second-order valence-electron chi connectivity index (χ2n) is 4.89. The van der Waals surface area contributed by atoms with Gasteiger partial charge in [-0.2, -0.15) is 0 Å². The molecule has 1 aromatic carbocycles. The fourth-order valence-corrected chi connectivity index (χ4v) is 2.01. The number of aromatic nitrogens is 1. The molecule has 0 saturated heterocycles. The Bertz CT molecular complexity index is 582. The molecule has 0 radical (unpaired) electrons. The number of hydrogen-bond acceptors (Lipinski definition) is 3. The van der Waals surface area contributed by atoms with E-state index in [0.29, 0.717) is 12.4 Å². The van der Waals surface area contributed by atoms with Crippen molar-refractivity contribution in [3.8, 4) is 0 Å². The summed E-state index contributed by atoms with van der Waals surface area (Å²) >= 11 is 0. The molecule has 1 aromatic heterocycles. The zero-order valence-corrected chi connectivity index (χ0v) is 11.7. The van der Waals surface area contributed by atoms with Gasteiger partial charge in [0.25, 0.3) is 0 Å². The summed E-state index contributed by atoms with van der Waals surface area (Å²) in [7, 11) is 0. The van der Waals surface area contributed by atoms with E-state index in [1.54, 1.807) is 6.07 Å². The smallest absolute Gasteiger partial charge is 0.354 e. The van der Waals surface area contributed by atoms with Crippen LogP contribution in [0.2, 0.25) is 0 Å². The normalized spacial score (nSPS) is 10.6. The van der Waals surface area contributed by atoms with Crippen molar-refractivity contribution in [2.24, 2.45) is 0 Å². The predicted molar refractivity (Wildman–Crippen MR) is 79.0 cm³/mol. The first-order valence-electron chi connectivity index (χ1n) is 6.59. The highest BCUT2D eigenvalue weighted by atomic mass is 16.4. The Kier molecular flexibility index (Phi) is 4.35. The minimum absolute atomic E-state index is 0.0706. The van der Waals surface area contributed by atoms with Crippen molar-refractivity contribution >= 4 is 11.8 Å². The van der Waals surface area contributed by atoms with E-state index in [2.05, 4.69) is 35.9 Å². The molecule has 0 bridgehead atoms. The molecular weight excluding hydrogens is 252 g/mol. The van der Waals surface area contributed by atoms with Crippen molar-refractivity contribution in [3.63, 3.8) is 0 Å². The number of pyridine rings is 1. The molecule has 0 aliphatic carbocycles. The minimum Gasteiger partial charge on any atom is -0.477 e. The SMILES string of the molecule is CC(C)N(Cc1ccccc1)c1cccc(C(=O)O)n1. The quantitative estimate of drug-likeness (QED) is 0.906. The molecule has 0 aliphatic rings. The highest BCUT2D eigenvalue weighted by Gasteiger charge is 2.14. The standard InChI is InChI=1S/C16H18N2O2/c1-12(2)18(11-13-7-4-3-5-8-13)15-10-6-9-14(17-15)16(19)20/h3-10,12H,11H2,1-2H3,(H,19,20). The zero-order chi connectivity index (χ0) is 14.5. The van der Waals surface area contributed by atoms with Gasteiger partial charge in [0.05, 0.1) is 0 Å². The third-order valence-electron chi connectivity index (χ3n) is 3.07. The van der Waals surface area contributed by atoms with Crippen molar-refractivity contribution in [2.75, 3.05) is 4.90 Å². The van der Waals surface area contributed by atoms with Gasteiger partial charge in [-0.1, -0.05) is 36.4 Å². The maximum absolute atomic E-state index is 11.0. The third-order valence-corrected chi connectivity index (χ3v) is 3.07. The number of carboxylic acids is 1. The van der Waals surface area contributed by atoms with Gasteiger partial charge in [-0.25, -0.2) is 9.78 Å². The number of anilines is 1. The summed E-state index contributed by atoms with van der Waals surface area (Å²) in [6, 6.07) is 15.4. The molecule has 0 atom stereocenters. The summed E-state index contributed by atoms with van der Waals surface area (Å²) in [5, 5.41) is 9.04. The molecule has 0 amide bonds. The maximum atomic E-state index is 11.0. The number of carbonyl (C=O) groups is 1. The number of carboxylic acid groups (broad SMARTS) is 1. The number of benzene rings is 1. The summed E-state index contributed by atoms with van der Waals surface area (Å²) in [5.74, 6) is -0.320. The van der Waals surface area contributed by atoms with Gasteiger partial charge < -0.3 is 10.0 Å². The average molecular weight is 270 g/mol. The Morgan fingerprint density at radius 1 is 1.15 bits per heavy atom. The highest BCUT2D eigenvalue weighted by molar-refractivity contribution is 5.85. The Morgan fingerprint density at radius 3 is 2.45 bits per heavy atom. The number of hydrogen-bond donors (Lipinski definition) is 1. The summed E-state index contributed by atoms with van der Waals surface area (Å²) < 4.78 is 0. The molecule has 4 heteroatoms. The van der Waals surface area contributed by atoms with Crippen LogP contribution >= 0.6 is 0 Å². The first-order valence-corrected chi connectivity index (χ1v) is 6.59. The van der Waals surface area contributed by atoms with E-state index in [1.165, 1.54) is 11.6 Å². The largest absolute Gasteiger partial charge is 0.477 e. The van der Waals surface area contributed by atoms with E-state index < -0.39 is 5.97 Å². The molecule has 0 unspecified atom stereocenters. The maximum Gasteiger partial charge on any atom is 0.354 e. The molecular formula is C16H18N2O2. The second kappa shape index (κ2) is 6.19. The highest BCUT2D eigenvalue weighted by Crippen LogP contribution is 2.18. The van der Waals surface area contributed by atoms with Crippen LogP contribution in [0.25, 0.3) is 0 Å². The monoisotopic (exact) mass is 270 g/mol. The Balaban J connectivity index is 2.29. The number of rotatable bonds is 5. The van der Waals surface area contributed by atoms with Crippen LogP contribution in [-0.4, -0.2) is 22.1 Å². The first-order chi connectivity index (χ1) is 9.58. The van der Waals surface area contributed by atoms with Gasteiger partial charge in [0.1, 0.15) is 5.82 Å². The molecule has 1 heterocycles. The molecule has 104 valence electrons. The van der Waals surface area contributed by atoms with Gasteiger partial charge in [-0.3, -0.25) is 0 Å². The van der Waals surface area contributed by atoms with Gasteiger partial charge in [-0.15, -0.1) is 0 Å². The molecule has 4 nitrogen and oxygen atoms in total. The van der Waals surface area contributed by atoms with E-state index in [4.69, 9.17) is 5.11 Å². The predicted octanol–water partition coefficient (Wildman–Crippen LogP) is 3.19. The third kappa shape index (κ3) is 3.35. The fraction of sp³-hybridized carbons (Fsp3) is 0.250. The van der Waals surface area contributed by atoms with Gasteiger partial charge in [0, 0.05) is 12.6 Å². The van der Waals surface area contributed by atoms with Crippen molar-refractivity contribution in [3.05, 3.63) is 59.8 Å². The van der Waals surface area contributed by atoms with E-state index >= 15 is 0 Å². The summed E-state index contributed by atoms with van der Waals surface area (Å²) in [6.45, 7) is 4.84. The van der Waals surface area contributed by atoms with E-state index in [0.717, 1.165) is 0 Å². The Hall–Kier alpha value is -2.36. The van der Waals surface area contributed by atoms with Gasteiger partial charge >= 0.3 is 5.97 Å². The van der Waals surface area contributed by atoms with Crippen LogP contribution in [-0.2, 0) is 6.54 Å². The molecule has 0 aliphatic heterocycles. The van der Waals surface area contributed by atoms with Crippen molar-refractivity contribution in [2.45, 2.75) is 26.4 Å². The summed E-state index contributed by atoms with van der Waals surface area (Å²) in [4.78, 5) is 17.3. The lowest BCUT2D eigenvalue weighted by Crippen LogP contribution is -2.31. The molecule has 0 spiro atoms. The van der Waals surface area contributed by atoms with Crippen LogP contribution in [0.15, 0.2) is 48.5 Å². The van der Waals surface area contributed by atoms with Crippen LogP contribution in [0, 0.1) is 0 Å². The molecule has 0 fully saturated rings. The van der Waals surface area contributed by atoms with E-state index in [1.807, 2.05) is 24.3 Å². The van der Waals surface area contributed by atoms with Gasteiger partial charge in [0.15, 0.2) is 5.69 Å². The topological polar surface area (TPSA) is 53.4 Å². The van der Waals surface area contributed by atoms with Crippen LogP contribution in [0.3, 0.4) is 0 Å². The lowest BCUT2D eigenvalue weighted by Gasteiger charge is -2.28. The lowest BCUT2D eigenvalue weighted by molar-refractivity contribution is 0.0690. The van der Waals surface area contributed by atoms with Crippen LogP contribution in [0.4, 0.5) is 5.82 Å². The molecule has 2 aromatic rings. The van der Waals surface area contributed by atoms with E-state index in [9.17, 15) is 4.79 Å². The molecule has 1 N–H and O–H groups in total. The molecule has 0 saturated carbocycles. The van der Waals surface area contributed by atoms with Crippen molar-refractivity contribution in [1.29, 1.82) is 0 Å². The Labute approximate surface area is 118 Å². The van der Waals surface area contributed by atoms with Gasteiger partial charge in [-0.05, 0) is 31.5 Å². The minimum atomic E-state index is -1.00. The lowest BCUT2D eigenvalue weighted by atomic mass is 10.2. The number of nitrogens with zero attached hydrogens (tertiary/aromatic N) is 2. The van der Waals surface area contributed by atoms with Gasteiger partial charge in [0.2, 0.25) is 0 Å². The second-order valence-corrected chi connectivity index (χ2v) is 4.89. The van der Waals surface area contributed by atoms with Crippen LogP contribution in [0.1, 0.15) is 29.9 Å². The first kappa shape index (κ1) is 14.1. The summed E-state index contributed by atoms with van der Waals surface area (Å²) in [5.41, 5.74) is 1.24. The van der Waals surface area contributed by atoms with Crippen molar-refractivity contribution in [1.82, 2.24) is 4.98 Å². The average Bonchev–Trinajstić information content (AvgIpc) is 2.45. The van der Waals surface area contributed by atoms with Crippen LogP contribution < -0.4 is 4.90 Å². The number of aromatic carboxylic acids is 1. The van der Waals surface area contributed by atoms with Crippen molar-refractivity contribution < 1.29 is 9.90 Å². The van der Waals surface area contributed by atoms with Crippen LogP contribution in [0.5, 0.6) is 0 Å². The zero-order valence-electron chi connectivity index (χ0n) is 11.7. The van der Waals surface area contributed by atoms with E-state index in [-0.39, 0.29) is 11.7 Å². The fourth-order valence-electron chi connectivity index (χ4n) is 2.01. The Morgan fingerprint density at radius 2 is 1.85 bits per heavy atom.